The SMILES string of the molecule is COc1cc(CN(CCN2C(=O)[C@H](OC)[C@@H]2C=Cc2ccccc2)C(=O)O)c([N+](=O)[O-])cc1OC. The Labute approximate surface area is 202 Å². The van der Waals surface area contributed by atoms with Gasteiger partial charge in [-0.15, -0.1) is 0 Å². The highest BCUT2D eigenvalue weighted by Gasteiger charge is 2.46. The van der Waals surface area contributed by atoms with Gasteiger partial charge in [-0.1, -0.05) is 42.5 Å². The van der Waals surface area contributed by atoms with Crippen LogP contribution in [-0.4, -0.2) is 78.4 Å². The molecule has 1 aliphatic heterocycles. The largest absolute Gasteiger partial charge is 0.493 e. The van der Waals surface area contributed by atoms with Crippen molar-refractivity contribution in [1.29, 1.82) is 0 Å². The molecule has 0 radical (unpaired) electrons. The number of carboxylic acid groups (broad SMARTS) is 1. The number of amides is 2. The lowest BCUT2D eigenvalue weighted by Crippen LogP contribution is -2.65. The van der Waals surface area contributed by atoms with E-state index in [9.17, 15) is 24.8 Å². The van der Waals surface area contributed by atoms with Crippen LogP contribution in [0, 0.1) is 10.1 Å². The first-order valence-electron chi connectivity index (χ1n) is 10.7. The Bertz CT molecular complexity index is 1110. The summed E-state index contributed by atoms with van der Waals surface area (Å²) in [4.78, 5) is 38.0. The van der Waals surface area contributed by atoms with Gasteiger partial charge in [-0.25, -0.2) is 4.79 Å². The summed E-state index contributed by atoms with van der Waals surface area (Å²) in [5, 5.41) is 21.3. The van der Waals surface area contributed by atoms with E-state index in [0.29, 0.717) is 0 Å². The van der Waals surface area contributed by atoms with Crippen molar-refractivity contribution in [2.24, 2.45) is 0 Å². The van der Waals surface area contributed by atoms with E-state index in [1.54, 1.807) is 0 Å². The topological polar surface area (TPSA) is 132 Å². The number of nitro groups is 1. The number of carbonyl (C=O) groups is 2. The summed E-state index contributed by atoms with van der Waals surface area (Å²) < 4.78 is 15.6. The molecule has 1 aliphatic rings. The number of rotatable bonds is 11. The molecule has 1 N–H and O–H groups in total. The van der Waals surface area contributed by atoms with Crippen molar-refractivity contribution < 1.29 is 33.8 Å². The lowest BCUT2D eigenvalue weighted by Gasteiger charge is -2.45. The van der Waals surface area contributed by atoms with Gasteiger partial charge in [0, 0.05) is 20.2 Å². The second-order valence-corrected chi connectivity index (χ2v) is 7.75. The number of β-lactam (4-membered cyclic amide) rings is 1. The molecule has 1 heterocycles. The van der Waals surface area contributed by atoms with Gasteiger partial charge in [0.2, 0.25) is 0 Å². The van der Waals surface area contributed by atoms with Crippen LogP contribution in [0.2, 0.25) is 0 Å². The van der Waals surface area contributed by atoms with Crippen molar-refractivity contribution in [3.63, 3.8) is 0 Å². The van der Waals surface area contributed by atoms with E-state index in [2.05, 4.69) is 0 Å². The fraction of sp³-hybridized carbons (Fsp3) is 0.333. The van der Waals surface area contributed by atoms with Gasteiger partial charge in [-0.05, 0) is 11.6 Å². The van der Waals surface area contributed by atoms with Gasteiger partial charge in [-0.2, -0.15) is 0 Å². The van der Waals surface area contributed by atoms with E-state index >= 15 is 0 Å². The average molecular weight is 485 g/mol. The van der Waals surface area contributed by atoms with E-state index in [1.807, 2.05) is 42.5 Å². The molecular weight excluding hydrogens is 458 g/mol. The van der Waals surface area contributed by atoms with Gasteiger partial charge in [-0.3, -0.25) is 14.9 Å². The van der Waals surface area contributed by atoms with Gasteiger partial charge >= 0.3 is 6.09 Å². The van der Waals surface area contributed by atoms with Crippen LogP contribution in [0.1, 0.15) is 11.1 Å². The molecule has 1 saturated heterocycles. The molecule has 0 spiro atoms. The van der Waals surface area contributed by atoms with E-state index in [-0.39, 0.29) is 54.3 Å². The molecule has 0 unspecified atom stereocenters. The molecule has 0 saturated carbocycles. The minimum atomic E-state index is -1.28. The van der Waals surface area contributed by atoms with E-state index in [4.69, 9.17) is 14.2 Å². The Hall–Kier alpha value is -4.12. The molecule has 2 aromatic rings. The van der Waals surface area contributed by atoms with Gasteiger partial charge in [0.1, 0.15) is 0 Å². The zero-order valence-corrected chi connectivity index (χ0v) is 19.6. The van der Waals surface area contributed by atoms with E-state index in [0.717, 1.165) is 10.5 Å². The third-order valence-corrected chi connectivity index (χ3v) is 5.76. The molecule has 11 nitrogen and oxygen atoms in total. The summed E-state index contributed by atoms with van der Waals surface area (Å²) in [5.41, 5.74) is 0.798. The number of nitrogens with zero attached hydrogens (tertiary/aromatic N) is 3. The maximum Gasteiger partial charge on any atom is 0.407 e. The number of nitro benzene ring substituents is 1. The van der Waals surface area contributed by atoms with Gasteiger partial charge in [0.15, 0.2) is 17.6 Å². The van der Waals surface area contributed by atoms with Crippen molar-refractivity contribution in [3.05, 3.63) is 69.8 Å². The molecule has 186 valence electrons. The van der Waals surface area contributed by atoms with Gasteiger partial charge in [0.25, 0.3) is 11.6 Å². The maximum absolute atomic E-state index is 12.5. The standard InChI is InChI=1S/C24H27N3O8/c1-33-20-13-17(19(27(31)32)14-21(20)34-2)15-25(24(29)30)11-12-26-18(22(35-3)23(26)28)10-9-16-7-5-4-6-8-16/h4-10,13-14,18,22H,11-12,15H2,1-3H3,(H,29,30)/t18-,22+/m0/s1. The fourth-order valence-corrected chi connectivity index (χ4v) is 3.90. The van der Waals surface area contributed by atoms with Crippen LogP contribution in [0.15, 0.2) is 48.5 Å². The molecule has 2 aromatic carbocycles. The highest BCUT2D eigenvalue weighted by Crippen LogP contribution is 2.35. The lowest BCUT2D eigenvalue weighted by atomic mass is 9.96. The highest BCUT2D eigenvalue weighted by molar-refractivity contribution is 5.89. The Balaban J connectivity index is 1.76. The summed E-state index contributed by atoms with van der Waals surface area (Å²) in [6, 6.07) is 11.8. The van der Waals surface area contributed by atoms with Crippen LogP contribution in [0.3, 0.4) is 0 Å². The van der Waals surface area contributed by atoms with Crippen molar-refractivity contribution in [2.75, 3.05) is 34.4 Å². The van der Waals surface area contributed by atoms with Crippen LogP contribution in [0.25, 0.3) is 6.08 Å². The van der Waals surface area contributed by atoms with E-state index < -0.39 is 17.1 Å². The summed E-state index contributed by atoms with van der Waals surface area (Å²) >= 11 is 0. The van der Waals surface area contributed by atoms with Crippen LogP contribution >= 0.6 is 0 Å². The van der Waals surface area contributed by atoms with Crippen LogP contribution in [0.4, 0.5) is 10.5 Å². The number of hydrogen-bond donors (Lipinski definition) is 1. The third kappa shape index (κ3) is 5.69. The average Bonchev–Trinajstić information content (AvgIpc) is 2.85. The predicted molar refractivity (Wildman–Crippen MR) is 126 cm³/mol. The van der Waals surface area contributed by atoms with Crippen molar-refractivity contribution in [3.8, 4) is 11.5 Å². The quantitative estimate of drug-likeness (QED) is 0.292. The van der Waals surface area contributed by atoms with Crippen molar-refractivity contribution >= 4 is 23.8 Å². The molecule has 0 aromatic heterocycles. The normalized spacial score (nSPS) is 17.2. The molecule has 3 rings (SSSR count). The van der Waals surface area contributed by atoms with Crippen LogP contribution in [-0.2, 0) is 16.1 Å². The Kier molecular flexibility index (Phi) is 8.26. The molecule has 0 aliphatic carbocycles. The van der Waals surface area contributed by atoms with Crippen LogP contribution in [0.5, 0.6) is 11.5 Å². The molecule has 0 bridgehead atoms. The second-order valence-electron chi connectivity index (χ2n) is 7.75. The number of ether oxygens (including phenoxy) is 3. The Morgan fingerprint density at radius 1 is 1.17 bits per heavy atom. The Morgan fingerprint density at radius 3 is 2.40 bits per heavy atom. The van der Waals surface area contributed by atoms with Gasteiger partial charge < -0.3 is 29.1 Å². The zero-order chi connectivity index (χ0) is 25.5. The molecule has 2 atom stereocenters. The lowest BCUT2D eigenvalue weighted by molar-refractivity contribution is -0.385. The molecule has 11 heteroatoms. The molecular formula is C24H27N3O8. The molecule has 1 fully saturated rings. The fourth-order valence-electron chi connectivity index (χ4n) is 3.90. The molecule has 35 heavy (non-hydrogen) atoms. The number of hydrogen-bond acceptors (Lipinski definition) is 7. The summed E-state index contributed by atoms with van der Waals surface area (Å²) in [6.45, 7) is -0.235. The van der Waals surface area contributed by atoms with E-state index in [1.165, 1.54) is 38.4 Å². The summed E-state index contributed by atoms with van der Waals surface area (Å²) in [6.07, 6.45) is 1.79. The van der Waals surface area contributed by atoms with Crippen molar-refractivity contribution in [2.45, 2.75) is 18.7 Å². The first-order chi connectivity index (χ1) is 16.8. The molecule has 2 amide bonds. The monoisotopic (exact) mass is 485 g/mol. The first-order valence-corrected chi connectivity index (χ1v) is 10.7. The smallest absolute Gasteiger partial charge is 0.407 e. The first kappa shape index (κ1) is 25.5. The van der Waals surface area contributed by atoms with Gasteiger partial charge in [0.05, 0.1) is 43.4 Å². The number of likely N-dealkylation sites (tertiary alicyclic amines) is 1. The minimum absolute atomic E-state index is 0.0569. The Morgan fingerprint density at radius 2 is 1.83 bits per heavy atom. The maximum atomic E-state index is 12.5. The number of methoxy groups -OCH3 is 3. The second kappa shape index (κ2) is 11.3. The number of benzene rings is 2. The van der Waals surface area contributed by atoms with Crippen molar-refractivity contribution in [1.82, 2.24) is 9.80 Å². The predicted octanol–water partition coefficient (Wildman–Crippen LogP) is 3.03. The summed E-state index contributed by atoms with van der Waals surface area (Å²) in [5.74, 6) is 0.151. The minimum Gasteiger partial charge on any atom is -0.493 e. The highest BCUT2D eigenvalue weighted by atomic mass is 16.6. The van der Waals surface area contributed by atoms with Crippen LogP contribution < -0.4 is 9.47 Å². The third-order valence-electron chi connectivity index (χ3n) is 5.76. The number of carbonyl (C=O) groups excluding carboxylic acids is 1. The summed E-state index contributed by atoms with van der Waals surface area (Å²) in [7, 11) is 4.18. The zero-order valence-electron chi connectivity index (χ0n) is 19.6.